The zero-order chi connectivity index (χ0) is 16.8. The number of rotatable bonds is 4. The highest BCUT2D eigenvalue weighted by atomic mass is 16.2. The number of benzene rings is 1. The van der Waals surface area contributed by atoms with Crippen LogP contribution in [0.3, 0.4) is 0 Å². The van der Waals surface area contributed by atoms with Gasteiger partial charge in [-0.1, -0.05) is 6.92 Å². The first-order chi connectivity index (χ1) is 11.6. The van der Waals surface area contributed by atoms with Gasteiger partial charge in [-0.25, -0.2) is 4.98 Å². The van der Waals surface area contributed by atoms with Crippen LogP contribution in [0.15, 0.2) is 24.3 Å². The van der Waals surface area contributed by atoms with Crippen LogP contribution in [0, 0.1) is 0 Å². The number of hydrogen-bond acceptors (Lipinski definition) is 3. The van der Waals surface area contributed by atoms with E-state index in [4.69, 9.17) is 0 Å². The smallest absolute Gasteiger partial charge is 0.273 e. The molecule has 6 heteroatoms. The number of hydrogen-bond donors (Lipinski definition) is 1. The number of anilines is 1. The first kappa shape index (κ1) is 14.9. The van der Waals surface area contributed by atoms with Crippen LogP contribution in [-0.2, 0) is 20.5 Å². The minimum absolute atomic E-state index is 0.136. The topological polar surface area (TPSA) is 64.7 Å². The fourth-order valence-corrected chi connectivity index (χ4v) is 3.12. The number of carbonyl (C=O) groups is 1. The first-order valence-electron chi connectivity index (χ1n) is 8.37. The number of nitrogens with one attached hydrogen (secondary N) is 1. The van der Waals surface area contributed by atoms with E-state index >= 15 is 0 Å². The average molecular weight is 323 g/mol. The quantitative estimate of drug-likeness (QED) is 0.803. The molecule has 0 unspecified atom stereocenters. The van der Waals surface area contributed by atoms with Crippen LogP contribution in [0.2, 0.25) is 0 Å². The summed E-state index contributed by atoms with van der Waals surface area (Å²) in [5.74, 6) is 1.44. The molecule has 0 atom stereocenters. The van der Waals surface area contributed by atoms with Gasteiger partial charge in [-0.2, -0.15) is 5.10 Å². The third-order valence-corrected chi connectivity index (χ3v) is 4.67. The van der Waals surface area contributed by atoms with Crippen molar-refractivity contribution in [3.8, 4) is 0 Å². The van der Waals surface area contributed by atoms with Gasteiger partial charge in [0, 0.05) is 32.1 Å². The summed E-state index contributed by atoms with van der Waals surface area (Å²) in [5, 5.41) is 7.41. The lowest BCUT2D eigenvalue weighted by atomic mass is 10.2. The van der Waals surface area contributed by atoms with Gasteiger partial charge >= 0.3 is 0 Å². The Morgan fingerprint density at radius 1 is 1.29 bits per heavy atom. The Balaban J connectivity index is 1.60. The van der Waals surface area contributed by atoms with Crippen molar-refractivity contribution in [1.29, 1.82) is 0 Å². The molecular formula is C18H21N5O. The molecule has 1 saturated carbocycles. The molecule has 1 amide bonds. The van der Waals surface area contributed by atoms with Crippen molar-refractivity contribution in [1.82, 2.24) is 19.3 Å². The normalized spacial score (nSPS) is 14.3. The second kappa shape index (κ2) is 5.47. The predicted octanol–water partition coefficient (Wildman–Crippen LogP) is 3.00. The molecule has 0 saturated heterocycles. The van der Waals surface area contributed by atoms with Crippen LogP contribution >= 0.6 is 0 Å². The van der Waals surface area contributed by atoms with Crippen LogP contribution in [0.25, 0.3) is 11.0 Å². The van der Waals surface area contributed by atoms with Crippen molar-refractivity contribution in [3.63, 3.8) is 0 Å². The summed E-state index contributed by atoms with van der Waals surface area (Å²) in [5.41, 5.74) is 4.34. The maximum atomic E-state index is 12.6. The summed E-state index contributed by atoms with van der Waals surface area (Å²) in [7, 11) is 3.83. The average Bonchev–Trinajstić information content (AvgIpc) is 3.27. The van der Waals surface area contributed by atoms with Gasteiger partial charge in [-0.15, -0.1) is 0 Å². The summed E-state index contributed by atoms with van der Waals surface area (Å²) in [4.78, 5) is 17.2. The molecule has 124 valence electrons. The van der Waals surface area contributed by atoms with Gasteiger partial charge in [-0.05, 0) is 37.1 Å². The molecule has 0 aliphatic heterocycles. The van der Waals surface area contributed by atoms with Gasteiger partial charge in [0.25, 0.3) is 5.91 Å². The first-order valence-corrected chi connectivity index (χ1v) is 8.37. The molecule has 0 spiro atoms. The zero-order valence-corrected chi connectivity index (χ0v) is 14.2. The molecule has 1 aromatic carbocycles. The van der Waals surface area contributed by atoms with Gasteiger partial charge in [0.05, 0.1) is 16.7 Å². The lowest BCUT2D eigenvalue weighted by Crippen LogP contribution is -2.16. The van der Waals surface area contributed by atoms with E-state index in [-0.39, 0.29) is 5.91 Å². The number of fused-ring (bicyclic) bond motifs is 1. The minimum atomic E-state index is -0.136. The summed E-state index contributed by atoms with van der Waals surface area (Å²) >= 11 is 0. The lowest BCUT2D eigenvalue weighted by molar-refractivity contribution is 0.101. The largest absolute Gasteiger partial charge is 0.331 e. The maximum Gasteiger partial charge on any atom is 0.273 e. The molecule has 1 aliphatic rings. The number of carbonyl (C=O) groups excluding carboxylic acids is 1. The van der Waals surface area contributed by atoms with E-state index in [2.05, 4.69) is 26.9 Å². The molecular weight excluding hydrogens is 302 g/mol. The van der Waals surface area contributed by atoms with Crippen LogP contribution in [0.4, 0.5) is 5.69 Å². The number of imidazole rings is 1. The Labute approximate surface area is 140 Å². The van der Waals surface area contributed by atoms with Crippen LogP contribution in [0.1, 0.15) is 47.7 Å². The Morgan fingerprint density at radius 2 is 2.08 bits per heavy atom. The zero-order valence-electron chi connectivity index (χ0n) is 14.2. The fourth-order valence-electron chi connectivity index (χ4n) is 3.12. The lowest BCUT2D eigenvalue weighted by Gasteiger charge is -2.05. The Hall–Kier alpha value is -2.63. The van der Waals surface area contributed by atoms with Gasteiger partial charge < -0.3 is 9.88 Å². The van der Waals surface area contributed by atoms with E-state index in [0.717, 1.165) is 34.7 Å². The minimum Gasteiger partial charge on any atom is -0.331 e. The Kier molecular flexibility index (Phi) is 3.40. The summed E-state index contributed by atoms with van der Waals surface area (Å²) < 4.78 is 3.75. The van der Waals surface area contributed by atoms with E-state index in [1.54, 1.807) is 4.68 Å². The fraction of sp³-hybridized carbons (Fsp3) is 0.389. The molecule has 2 aromatic heterocycles. The Bertz CT molecular complexity index is 932. The van der Waals surface area contributed by atoms with Gasteiger partial charge in [0.2, 0.25) is 0 Å². The third kappa shape index (κ3) is 2.48. The molecule has 2 heterocycles. The predicted molar refractivity (Wildman–Crippen MR) is 93.2 cm³/mol. The highest BCUT2D eigenvalue weighted by Gasteiger charge is 2.28. The van der Waals surface area contributed by atoms with Crippen LogP contribution < -0.4 is 5.32 Å². The van der Waals surface area contributed by atoms with Crippen molar-refractivity contribution >= 4 is 22.6 Å². The molecule has 0 bridgehead atoms. The molecule has 0 radical (unpaired) electrons. The number of aromatic nitrogens is 4. The summed E-state index contributed by atoms with van der Waals surface area (Å²) in [6, 6.07) is 7.74. The van der Waals surface area contributed by atoms with Crippen molar-refractivity contribution in [2.75, 3.05) is 5.32 Å². The maximum absolute atomic E-state index is 12.6. The monoisotopic (exact) mass is 323 g/mol. The molecule has 1 fully saturated rings. The number of nitrogens with zero attached hydrogens (tertiary/aromatic N) is 4. The summed E-state index contributed by atoms with van der Waals surface area (Å²) in [6.07, 6.45) is 3.23. The second-order valence-corrected chi connectivity index (χ2v) is 6.45. The van der Waals surface area contributed by atoms with E-state index in [9.17, 15) is 4.79 Å². The number of amides is 1. The van der Waals surface area contributed by atoms with Gasteiger partial charge in [-0.3, -0.25) is 9.48 Å². The number of aryl methyl sites for hydroxylation is 3. The third-order valence-electron chi connectivity index (χ3n) is 4.67. The van der Waals surface area contributed by atoms with Crippen molar-refractivity contribution in [2.24, 2.45) is 14.1 Å². The van der Waals surface area contributed by atoms with E-state index < -0.39 is 0 Å². The SMILES string of the molecule is CCc1nc2cc(NC(=O)c3cc(C4CC4)nn3C)ccc2n1C. The standard InChI is InChI=1S/C18H21N5O/c1-4-17-20-14-9-12(7-8-15(14)22(17)2)19-18(24)16-10-13(11-5-6-11)21-23(16)3/h7-11H,4-6H2,1-3H3,(H,19,24). The van der Waals surface area contributed by atoms with Gasteiger partial charge in [0.1, 0.15) is 11.5 Å². The summed E-state index contributed by atoms with van der Waals surface area (Å²) in [6.45, 7) is 2.09. The van der Waals surface area contributed by atoms with E-state index in [1.807, 2.05) is 38.4 Å². The van der Waals surface area contributed by atoms with Crippen molar-refractivity contribution in [2.45, 2.75) is 32.1 Å². The van der Waals surface area contributed by atoms with E-state index in [0.29, 0.717) is 11.6 Å². The highest BCUT2D eigenvalue weighted by Crippen LogP contribution is 2.39. The van der Waals surface area contributed by atoms with Crippen LogP contribution in [0.5, 0.6) is 0 Å². The van der Waals surface area contributed by atoms with E-state index in [1.165, 1.54) is 12.8 Å². The van der Waals surface area contributed by atoms with Crippen molar-refractivity contribution in [3.05, 3.63) is 41.5 Å². The highest BCUT2D eigenvalue weighted by molar-refractivity contribution is 6.04. The molecule has 3 aromatic rings. The van der Waals surface area contributed by atoms with Crippen LogP contribution in [-0.4, -0.2) is 25.2 Å². The molecule has 1 N–H and O–H groups in total. The molecule has 1 aliphatic carbocycles. The second-order valence-electron chi connectivity index (χ2n) is 6.45. The van der Waals surface area contributed by atoms with Crippen molar-refractivity contribution < 1.29 is 4.79 Å². The molecule has 24 heavy (non-hydrogen) atoms. The van der Waals surface area contributed by atoms with Gasteiger partial charge in [0.15, 0.2) is 0 Å². The molecule has 6 nitrogen and oxygen atoms in total. The Morgan fingerprint density at radius 3 is 2.79 bits per heavy atom. The molecule has 4 rings (SSSR count).